The van der Waals surface area contributed by atoms with Crippen LogP contribution in [0.2, 0.25) is 0 Å². The molecule has 3 atom stereocenters. The van der Waals surface area contributed by atoms with Gasteiger partial charge >= 0.3 is 0 Å². The monoisotopic (exact) mass is 409 g/mol. The highest BCUT2D eigenvalue weighted by Crippen LogP contribution is 2.22. The van der Waals surface area contributed by atoms with E-state index in [0.29, 0.717) is 45.7 Å². The second-order valence-electron chi connectivity index (χ2n) is 7.88. The fourth-order valence-corrected chi connectivity index (χ4v) is 5.69. The highest BCUT2D eigenvalue weighted by atomic mass is 32.2. The second kappa shape index (κ2) is 8.90. The summed E-state index contributed by atoms with van der Waals surface area (Å²) in [5, 5.41) is 0. The molecule has 0 N–H and O–H groups in total. The van der Waals surface area contributed by atoms with Crippen LogP contribution in [0.3, 0.4) is 0 Å². The zero-order valence-electron chi connectivity index (χ0n) is 17.0. The number of carbonyl (C=O) groups excluding carboxylic acids is 1. The number of carbonyl (C=O) groups is 1. The highest BCUT2D eigenvalue weighted by molar-refractivity contribution is 7.86. The predicted molar refractivity (Wildman–Crippen MR) is 108 cm³/mol. The molecule has 7 nitrogen and oxygen atoms in total. The number of benzene rings is 1. The normalized spacial score (nSPS) is 26.2. The van der Waals surface area contributed by atoms with Crippen molar-refractivity contribution in [3.05, 3.63) is 35.9 Å². The molecule has 2 fully saturated rings. The van der Waals surface area contributed by atoms with Crippen molar-refractivity contribution in [1.29, 1.82) is 0 Å². The molecule has 0 saturated carbocycles. The lowest BCUT2D eigenvalue weighted by Crippen LogP contribution is -2.57. The Labute approximate surface area is 168 Å². The average molecular weight is 410 g/mol. The number of amides is 1. The maximum Gasteiger partial charge on any atom is 0.282 e. The van der Waals surface area contributed by atoms with Crippen LogP contribution in [0.1, 0.15) is 38.7 Å². The topological polar surface area (TPSA) is 70.2 Å². The number of hydrogen-bond acceptors (Lipinski definition) is 4. The van der Waals surface area contributed by atoms with E-state index in [1.54, 1.807) is 4.90 Å². The van der Waals surface area contributed by atoms with Gasteiger partial charge in [0.1, 0.15) is 0 Å². The van der Waals surface area contributed by atoms with Gasteiger partial charge in [-0.1, -0.05) is 37.3 Å². The summed E-state index contributed by atoms with van der Waals surface area (Å²) in [7, 11) is -3.52. The Kier molecular flexibility index (Phi) is 6.75. The molecule has 3 rings (SSSR count). The largest absolute Gasteiger partial charge is 0.373 e. The van der Waals surface area contributed by atoms with Gasteiger partial charge in [0.15, 0.2) is 0 Å². The van der Waals surface area contributed by atoms with E-state index in [1.165, 1.54) is 8.61 Å². The molecule has 8 heteroatoms. The molecular weight excluding hydrogens is 378 g/mol. The van der Waals surface area contributed by atoms with Crippen molar-refractivity contribution in [2.24, 2.45) is 0 Å². The summed E-state index contributed by atoms with van der Waals surface area (Å²) in [4.78, 5) is 14.4. The lowest BCUT2D eigenvalue weighted by molar-refractivity contribution is -0.132. The van der Waals surface area contributed by atoms with Gasteiger partial charge in [0.25, 0.3) is 10.2 Å². The number of ether oxygens (including phenoxy) is 1. The first-order valence-electron chi connectivity index (χ1n) is 10.0. The minimum Gasteiger partial charge on any atom is -0.373 e. The van der Waals surface area contributed by atoms with Crippen LogP contribution < -0.4 is 0 Å². The first-order valence-corrected chi connectivity index (χ1v) is 11.4. The molecule has 28 heavy (non-hydrogen) atoms. The van der Waals surface area contributed by atoms with E-state index in [1.807, 2.05) is 44.2 Å². The molecular formula is C20H31N3O4S. The Morgan fingerprint density at radius 1 is 1.04 bits per heavy atom. The predicted octanol–water partition coefficient (Wildman–Crippen LogP) is 1.68. The zero-order valence-corrected chi connectivity index (χ0v) is 17.8. The van der Waals surface area contributed by atoms with Crippen molar-refractivity contribution in [1.82, 2.24) is 13.5 Å². The van der Waals surface area contributed by atoms with E-state index >= 15 is 0 Å². The third-order valence-corrected chi connectivity index (χ3v) is 7.45. The minimum atomic E-state index is -3.52. The van der Waals surface area contributed by atoms with Gasteiger partial charge in [0.2, 0.25) is 5.91 Å². The Morgan fingerprint density at radius 3 is 2.18 bits per heavy atom. The Hall–Kier alpha value is -1.48. The van der Waals surface area contributed by atoms with E-state index in [0.717, 1.165) is 5.56 Å². The van der Waals surface area contributed by atoms with Crippen LogP contribution in [0.4, 0.5) is 0 Å². The SMILES string of the molecule is C[C@@H]1CN(S(=O)(=O)N2CCN(C(=O)C[C@@H](C)c3ccccc3)CC2)C[C@@H](C)O1. The summed E-state index contributed by atoms with van der Waals surface area (Å²) in [5.74, 6) is 0.230. The standard InChI is InChI=1S/C20H31N3O4S/c1-16(19-7-5-4-6-8-19)13-20(24)21-9-11-22(12-10-21)28(25,26)23-14-17(2)27-18(3)15-23/h4-8,16-18H,9-15H2,1-3H3/t16-,17-,18-/m1/s1. The first-order chi connectivity index (χ1) is 13.3. The summed E-state index contributed by atoms with van der Waals surface area (Å²) in [6, 6.07) is 9.99. The van der Waals surface area contributed by atoms with Crippen molar-refractivity contribution in [3.63, 3.8) is 0 Å². The van der Waals surface area contributed by atoms with Crippen molar-refractivity contribution < 1.29 is 17.9 Å². The molecule has 2 aliphatic rings. The molecule has 0 radical (unpaired) electrons. The Morgan fingerprint density at radius 2 is 1.61 bits per heavy atom. The van der Waals surface area contributed by atoms with Gasteiger partial charge in [-0.15, -0.1) is 0 Å². The number of morpholine rings is 1. The fraction of sp³-hybridized carbons (Fsp3) is 0.650. The van der Waals surface area contributed by atoms with E-state index in [2.05, 4.69) is 6.92 Å². The van der Waals surface area contributed by atoms with Gasteiger partial charge in [0.05, 0.1) is 12.2 Å². The third-order valence-electron chi connectivity index (χ3n) is 5.48. The summed E-state index contributed by atoms with van der Waals surface area (Å²) in [6.07, 6.45) is 0.219. The molecule has 0 unspecified atom stereocenters. The van der Waals surface area contributed by atoms with Crippen LogP contribution >= 0.6 is 0 Å². The molecule has 156 valence electrons. The van der Waals surface area contributed by atoms with Crippen LogP contribution in [-0.2, 0) is 19.7 Å². The third kappa shape index (κ3) is 4.92. The fourth-order valence-electron chi connectivity index (χ4n) is 3.94. The van der Waals surface area contributed by atoms with E-state index in [9.17, 15) is 13.2 Å². The molecule has 2 aliphatic heterocycles. The summed E-state index contributed by atoms with van der Waals surface area (Å²) >= 11 is 0. The van der Waals surface area contributed by atoms with Gasteiger partial charge in [0, 0.05) is 45.7 Å². The molecule has 2 heterocycles. The Balaban J connectivity index is 1.54. The van der Waals surface area contributed by atoms with Gasteiger partial charge in [-0.3, -0.25) is 4.79 Å². The van der Waals surface area contributed by atoms with Gasteiger partial charge < -0.3 is 9.64 Å². The number of hydrogen-bond donors (Lipinski definition) is 0. The summed E-state index contributed by atoms with van der Waals surface area (Å²) < 4.78 is 34.6. The summed E-state index contributed by atoms with van der Waals surface area (Å²) in [6.45, 7) is 8.15. The molecule has 0 aliphatic carbocycles. The maximum atomic E-state index is 13.0. The second-order valence-corrected chi connectivity index (χ2v) is 9.81. The van der Waals surface area contributed by atoms with E-state index in [4.69, 9.17) is 4.74 Å². The number of nitrogens with zero attached hydrogens (tertiary/aromatic N) is 3. The smallest absolute Gasteiger partial charge is 0.282 e. The maximum absolute atomic E-state index is 13.0. The van der Waals surface area contributed by atoms with Gasteiger partial charge in [-0.25, -0.2) is 0 Å². The van der Waals surface area contributed by atoms with E-state index < -0.39 is 10.2 Å². The van der Waals surface area contributed by atoms with Crippen molar-refractivity contribution >= 4 is 16.1 Å². The van der Waals surface area contributed by atoms with Crippen LogP contribution in [-0.4, -0.2) is 79.3 Å². The minimum absolute atomic E-state index is 0.0852. The molecule has 1 aromatic carbocycles. The summed E-state index contributed by atoms with van der Waals surface area (Å²) in [5.41, 5.74) is 1.15. The molecule has 1 amide bonds. The van der Waals surface area contributed by atoms with Crippen LogP contribution in [0.5, 0.6) is 0 Å². The van der Waals surface area contributed by atoms with Crippen molar-refractivity contribution in [3.8, 4) is 0 Å². The molecule has 0 bridgehead atoms. The molecule has 0 aromatic heterocycles. The quantitative estimate of drug-likeness (QED) is 0.742. The van der Waals surface area contributed by atoms with Crippen LogP contribution in [0, 0.1) is 0 Å². The number of rotatable bonds is 5. The zero-order chi connectivity index (χ0) is 20.3. The Bertz CT molecular complexity index is 753. The van der Waals surface area contributed by atoms with E-state index in [-0.39, 0.29) is 24.0 Å². The van der Waals surface area contributed by atoms with Crippen molar-refractivity contribution in [2.75, 3.05) is 39.3 Å². The van der Waals surface area contributed by atoms with Gasteiger partial charge in [-0.2, -0.15) is 17.0 Å². The average Bonchev–Trinajstić information content (AvgIpc) is 2.68. The van der Waals surface area contributed by atoms with Gasteiger partial charge in [-0.05, 0) is 25.3 Å². The molecule has 0 spiro atoms. The highest BCUT2D eigenvalue weighted by Gasteiger charge is 2.37. The van der Waals surface area contributed by atoms with Crippen LogP contribution in [0.15, 0.2) is 30.3 Å². The molecule has 1 aromatic rings. The molecule has 2 saturated heterocycles. The van der Waals surface area contributed by atoms with Crippen molar-refractivity contribution in [2.45, 2.75) is 45.3 Å². The first kappa shape index (κ1) is 21.2. The number of piperazine rings is 1. The lowest BCUT2D eigenvalue weighted by atomic mass is 9.97. The van der Waals surface area contributed by atoms with Crippen LogP contribution in [0.25, 0.3) is 0 Å². The lowest BCUT2D eigenvalue weighted by Gasteiger charge is -2.40.